The lowest BCUT2D eigenvalue weighted by atomic mass is 10.1. The number of nitrogen functional groups attached to an aromatic ring is 1. The molecule has 0 amide bonds. The number of nitrogens with two attached hydrogens (primary N) is 1. The Morgan fingerprint density at radius 3 is 2.83 bits per heavy atom. The van der Waals surface area contributed by atoms with Crippen molar-refractivity contribution in [2.45, 2.75) is 13.3 Å². The topological polar surface area (TPSA) is 75.9 Å². The number of hydrogen-bond acceptors (Lipinski definition) is 5. The molecule has 6 heteroatoms. The maximum atomic E-state index is 13.6. The average molecular weight is 247 g/mol. The van der Waals surface area contributed by atoms with Gasteiger partial charge in [-0.15, -0.1) is 0 Å². The maximum Gasteiger partial charge on any atom is 0.239 e. The van der Waals surface area contributed by atoms with Gasteiger partial charge in [-0.1, -0.05) is 25.1 Å². The molecular formula is C12H14FN5. The normalized spacial score (nSPS) is 10.2. The molecule has 0 saturated heterocycles. The SMILES string of the molecule is CCc1ccccc1Nc1nc(NN)ncc1F. The van der Waals surface area contributed by atoms with Crippen molar-refractivity contribution in [2.24, 2.45) is 5.84 Å². The molecule has 2 aromatic rings. The molecule has 0 radical (unpaired) electrons. The second kappa shape index (κ2) is 5.42. The minimum atomic E-state index is -0.528. The number of nitrogens with zero attached hydrogens (tertiary/aromatic N) is 2. The standard InChI is InChI=1S/C12H14FN5/c1-2-8-5-3-4-6-10(8)16-11-9(13)7-15-12(17-11)18-14/h3-7H,2,14H2,1H3,(H2,15,16,17,18). The first-order valence-corrected chi connectivity index (χ1v) is 5.58. The number of rotatable bonds is 4. The first kappa shape index (κ1) is 12.3. The Balaban J connectivity index is 2.33. The number of para-hydroxylation sites is 1. The molecule has 0 aliphatic rings. The van der Waals surface area contributed by atoms with Crippen LogP contribution in [0.2, 0.25) is 0 Å². The summed E-state index contributed by atoms with van der Waals surface area (Å²) in [4.78, 5) is 7.61. The summed E-state index contributed by atoms with van der Waals surface area (Å²) in [6.07, 6.45) is 1.91. The minimum absolute atomic E-state index is 0.0962. The van der Waals surface area contributed by atoms with E-state index >= 15 is 0 Å². The number of hydrazine groups is 1. The second-order valence-corrected chi connectivity index (χ2v) is 3.67. The van der Waals surface area contributed by atoms with Crippen LogP contribution in [0, 0.1) is 5.82 Å². The van der Waals surface area contributed by atoms with Gasteiger partial charge in [0.2, 0.25) is 5.95 Å². The zero-order valence-electron chi connectivity index (χ0n) is 9.94. The number of benzene rings is 1. The quantitative estimate of drug-likeness (QED) is 0.570. The van der Waals surface area contributed by atoms with Crippen LogP contribution in [-0.4, -0.2) is 9.97 Å². The van der Waals surface area contributed by atoms with Crippen molar-refractivity contribution in [3.8, 4) is 0 Å². The van der Waals surface area contributed by atoms with Crippen LogP contribution in [0.4, 0.5) is 21.8 Å². The fourth-order valence-electron chi connectivity index (χ4n) is 1.60. The van der Waals surface area contributed by atoms with Gasteiger partial charge >= 0.3 is 0 Å². The van der Waals surface area contributed by atoms with Gasteiger partial charge in [-0.25, -0.2) is 15.2 Å². The lowest BCUT2D eigenvalue weighted by Crippen LogP contribution is -2.12. The lowest BCUT2D eigenvalue weighted by Gasteiger charge is -2.11. The summed E-state index contributed by atoms with van der Waals surface area (Å²) < 4.78 is 13.6. The van der Waals surface area contributed by atoms with Gasteiger partial charge in [-0.3, -0.25) is 5.43 Å². The highest BCUT2D eigenvalue weighted by Gasteiger charge is 2.08. The molecule has 94 valence electrons. The van der Waals surface area contributed by atoms with E-state index in [-0.39, 0.29) is 11.8 Å². The van der Waals surface area contributed by atoms with Crippen LogP contribution in [0.3, 0.4) is 0 Å². The van der Waals surface area contributed by atoms with Gasteiger partial charge in [0.25, 0.3) is 0 Å². The third-order valence-electron chi connectivity index (χ3n) is 2.52. The zero-order chi connectivity index (χ0) is 13.0. The Morgan fingerprint density at radius 2 is 2.11 bits per heavy atom. The monoisotopic (exact) mass is 247 g/mol. The van der Waals surface area contributed by atoms with E-state index < -0.39 is 5.82 Å². The first-order valence-electron chi connectivity index (χ1n) is 5.58. The summed E-state index contributed by atoms with van der Waals surface area (Å²) in [7, 11) is 0. The van der Waals surface area contributed by atoms with Crippen molar-refractivity contribution in [1.29, 1.82) is 0 Å². The maximum absolute atomic E-state index is 13.6. The molecule has 0 unspecified atom stereocenters. The number of aryl methyl sites for hydroxylation is 1. The van der Waals surface area contributed by atoms with Crippen LogP contribution in [0.25, 0.3) is 0 Å². The molecular weight excluding hydrogens is 233 g/mol. The van der Waals surface area contributed by atoms with Gasteiger partial charge in [0.1, 0.15) is 0 Å². The third-order valence-corrected chi connectivity index (χ3v) is 2.52. The molecule has 0 aliphatic carbocycles. The van der Waals surface area contributed by atoms with E-state index in [0.29, 0.717) is 0 Å². The average Bonchev–Trinajstić information content (AvgIpc) is 2.42. The van der Waals surface area contributed by atoms with Crippen molar-refractivity contribution in [1.82, 2.24) is 9.97 Å². The molecule has 0 bridgehead atoms. The summed E-state index contributed by atoms with van der Waals surface area (Å²) in [5.74, 6) is 4.92. The molecule has 0 atom stereocenters. The van der Waals surface area contributed by atoms with Gasteiger partial charge in [0, 0.05) is 5.69 Å². The van der Waals surface area contributed by atoms with E-state index in [1.807, 2.05) is 31.2 Å². The summed E-state index contributed by atoms with van der Waals surface area (Å²) in [6.45, 7) is 2.03. The smallest absolute Gasteiger partial charge is 0.239 e. The highest BCUT2D eigenvalue weighted by Crippen LogP contribution is 2.22. The van der Waals surface area contributed by atoms with Crippen LogP contribution in [0.5, 0.6) is 0 Å². The largest absolute Gasteiger partial charge is 0.337 e. The molecule has 0 spiro atoms. The van der Waals surface area contributed by atoms with Gasteiger partial charge < -0.3 is 5.32 Å². The van der Waals surface area contributed by atoms with Gasteiger partial charge in [-0.2, -0.15) is 4.98 Å². The van der Waals surface area contributed by atoms with E-state index in [0.717, 1.165) is 23.9 Å². The molecule has 1 aromatic carbocycles. The first-order chi connectivity index (χ1) is 8.74. The van der Waals surface area contributed by atoms with Crippen LogP contribution < -0.4 is 16.6 Å². The van der Waals surface area contributed by atoms with Gasteiger partial charge in [-0.05, 0) is 18.1 Å². The number of aromatic nitrogens is 2. The Labute approximate surface area is 104 Å². The van der Waals surface area contributed by atoms with Crippen molar-refractivity contribution in [3.05, 3.63) is 41.8 Å². The van der Waals surface area contributed by atoms with Crippen LogP contribution >= 0.6 is 0 Å². The summed E-state index contributed by atoms with van der Waals surface area (Å²) >= 11 is 0. The summed E-state index contributed by atoms with van der Waals surface area (Å²) in [5.41, 5.74) is 4.18. The third kappa shape index (κ3) is 2.54. The van der Waals surface area contributed by atoms with Gasteiger partial charge in [0.05, 0.1) is 6.20 Å². The lowest BCUT2D eigenvalue weighted by molar-refractivity contribution is 0.619. The van der Waals surface area contributed by atoms with Crippen molar-refractivity contribution in [3.63, 3.8) is 0 Å². The van der Waals surface area contributed by atoms with Crippen LogP contribution in [0.15, 0.2) is 30.5 Å². The minimum Gasteiger partial charge on any atom is -0.337 e. The fraction of sp³-hybridized carbons (Fsp3) is 0.167. The van der Waals surface area contributed by atoms with Crippen LogP contribution in [0.1, 0.15) is 12.5 Å². The molecule has 18 heavy (non-hydrogen) atoms. The molecule has 1 heterocycles. The second-order valence-electron chi connectivity index (χ2n) is 3.67. The predicted molar refractivity (Wildman–Crippen MR) is 68.9 cm³/mol. The van der Waals surface area contributed by atoms with Gasteiger partial charge in [0.15, 0.2) is 11.6 Å². The van der Waals surface area contributed by atoms with E-state index in [1.165, 1.54) is 0 Å². The highest BCUT2D eigenvalue weighted by atomic mass is 19.1. The zero-order valence-corrected chi connectivity index (χ0v) is 9.94. The molecule has 2 rings (SSSR count). The Kier molecular flexibility index (Phi) is 3.69. The number of nitrogens with one attached hydrogen (secondary N) is 2. The highest BCUT2D eigenvalue weighted by molar-refractivity contribution is 5.61. The molecule has 1 aromatic heterocycles. The number of anilines is 3. The van der Waals surface area contributed by atoms with E-state index in [4.69, 9.17) is 5.84 Å². The molecule has 4 N–H and O–H groups in total. The Bertz CT molecular complexity index is 544. The Morgan fingerprint density at radius 1 is 1.33 bits per heavy atom. The fourth-order valence-corrected chi connectivity index (χ4v) is 1.60. The van der Waals surface area contributed by atoms with Crippen molar-refractivity contribution >= 4 is 17.5 Å². The van der Waals surface area contributed by atoms with E-state index in [2.05, 4.69) is 20.7 Å². The van der Waals surface area contributed by atoms with Crippen LogP contribution in [-0.2, 0) is 6.42 Å². The number of hydrogen-bond donors (Lipinski definition) is 3. The predicted octanol–water partition coefficient (Wildman–Crippen LogP) is 2.21. The molecule has 0 aliphatic heterocycles. The van der Waals surface area contributed by atoms with Crippen molar-refractivity contribution < 1.29 is 4.39 Å². The van der Waals surface area contributed by atoms with Crippen molar-refractivity contribution in [2.75, 3.05) is 10.7 Å². The van der Waals surface area contributed by atoms with E-state index in [1.54, 1.807) is 0 Å². The number of halogens is 1. The Hall–Kier alpha value is -2.21. The summed E-state index contributed by atoms with van der Waals surface area (Å²) in [5, 5.41) is 2.94. The molecule has 0 fully saturated rings. The van der Waals surface area contributed by atoms with E-state index in [9.17, 15) is 4.39 Å². The summed E-state index contributed by atoms with van der Waals surface area (Å²) in [6, 6.07) is 7.66. The molecule has 5 nitrogen and oxygen atoms in total. The molecule has 0 saturated carbocycles.